The Morgan fingerprint density at radius 3 is 2.68 bits per heavy atom. The molecule has 2 heteroatoms. The molecule has 0 aliphatic heterocycles. The van der Waals surface area contributed by atoms with Crippen molar-refractivity contribution in [3.05, 3.63) is 71.3 Å². The van der Waals surface area contributed by atoms with E-state index in [0.29, 0.717) is 12.2 Å². The zero-order chi connectivity index (χ0) is 13.5. The molecule has 0 saturated carbocycles. The van der Waals surface area contributed by atoms with E-state index in [1.807, 2.05) is 55.5 Å². The van der Waals surface area contributed by atoms with Gasteiger partial charge in [-0.05, 0) is 36.3 Å². The third-order valence-corrected chi connectivity index (χ3v) is 2.76. The van der Waals surface area contributed by atoms with Gasteiger partial charge in [0.15, 0.2) is 0 Å². The SMILES string of the molecule is Cc1ccc(C#N)cc1OC/C=C/c1ccccc1. The molecule has 0 aromatic heterocycles. The van der Waals surface area contributed by atoms with E-state index in [1.165, 1.54) is 0 Å². The Labute approximate surface area is 113 Å². The number of rotatable bonds is 4. The molecule has 2 aromatic carbocycles. The maximum Gasteiger partial charge on any atom is 0.124 e. The topological polar surface area (TPSA) is 33.0 Å². The lowest BCUT2D eigenvalue weighted by Gasteiger charge is -2.06. The molecule has 0 atom stereocenters. The van der Waals surface area contributed by atoms with Crippen molar-refractivity contribution in [3.63, 3.8) is 0 Å². The summed E-state index contributed by atoms with van der Waals surface area (Å²) in [6.45, 7) is 2.46. The smallest absolute Gasteiger partial charge is 0.124 e. The fourth-order valence-electron chi connectivity index (χ4n) is 1.71. The molecule has 0 N–H and O–H groups in total. The number of benzene rings is 2. The lowest BCUT2D eigenvalue weighted by molar-refractivity contribution is 0.361. The molecule has 0 heterocycles. The Bertz CT molecular complexity index is 609. The van der Waals surface area contributed by atoms with Crippen molar-refractivity contribution in [2.24, 2.45) is 0 Å². The molecule has 0 spiro atoms. The van der Waals surface area contributed by atoms with Crippen LogP contribution >= 0.6 is 0 Å². The minimum Gasteiger partial charge on any atom is -0.489 e. The van der Waals surface area contributed by atoms with Gasteiger partial charge in [0.1, 0.15) is 12.4 Å². The molecule has 0 bridgehead atoms. The van der Waals surface area contributed by atoms with Gasteiger partial charge in [0.25, 0.3) is 0 Å². The van der Waals surface area contributed by atoms with Crippen LogP contribution in [0.15, 0.2) is 54.6 Å². The van der Waals surface area contributed by atoms with Crippen molar-refractivity contribution >= 4 is 6.08 Å². The van der Waals surface area contributed by atoms with Gasteiger partial charge in [0, 0.05) is 0 Å². The fourth-order valence-corrected chi connectivity index (χ4v) is 1.71. The number of hydrogen-bond acceptors (Lipinski definition) is 2. The van der Waals surface area contributed by atoms with Crippen molar-refractivity contribution in [1.82, 2.24) is 0 Å². The molecular formula is C17H15NO. The Morgan fingerprint density at radius 1 is 1.16 bits per heavy atom. The van der Waals surface area contributed by atoms with Crippen molar-refractivity contribution in [2.75, 3.05) is 6.61 Å². The minimum atomic E-state index is 0.491. The number of hydrogen-bond donors (Lipinski definition) is 0. The van der Waals surface area contributed by atoms with Crippen LogP contribution in [0.25, 0.3) is 6.08 Å². The quantitative estimate of drug-likeness (QED) is 0.821. The molecule has 0 radical (unpaired) electrons. The summed E-state index contributed by atoms with van der Waals surface area (Å²) < 4.78 is 5.66. The highest BCUT2D eigenvalue weighted by molar-refractivity contribution is 5.49. The monoisotopic (exact) mass is 249 g/mol. The Morgan fingerprint density at radius 2 is 1.95 bits per heavy atom. The van der Waals surface area contributed by atoms with Crippen LogP contribution in [0.3, 0.4) is 0 Å². The fraction of sp³-hybridized carbons (Fsp3) is 0.118. The highest BCUT2D eigenvalue weighted by atomic mass is 16.5. The first-order chi connectivity index (χ1) is 9.29. The van der Waals surface area contributed by atoms with Gasteiger partial charge in [-0.2, -0.15) is 5.26 Å². The van der Waals surface area contributed by atoms with Gasteiger partial charge >= 0.3 is 0 Å². The van der Waals surface area contributed by atoms with E-state index in [0.717, 1.165) is 16.9 Å². The molecule has 0 amide bonds. The van der Waals surface area contributed by atoms with Gasteiger partial charge in [-0.3, -0.25) is 0 Å². The van der Waals surface area contributed by atoms with Crippen LogP contribution < -0.4 is 4.74 Å². The molecule has 0 aliphatic rings. The maximum absolute atomic E-state index is 8.85. The average Bonchev–Trinajstić information content (AvgIpc) is 2.46. The van der Waals surface area contributed by atoms with Gasteiger partial charge in [0.2, 0.25) is 0 Å². The van der Waals surface area contributed by atoms with Gasteiger partial charge in [0.05, 0.1) is 11.6 Å². The molecule has 19 heavy (non-hydrogen) atoms. The zero-order valence-corrected chi connectivity index (χ0v) is 10.8. The standard InChI is InChI=1S/C17H15NO/c1-14-9-10-16(13-18)12-17(14)19-11-5-8-15-6-3-2-4-7-15/h2-10,12H,11H2,1H3/b8-5+. The first-order valence-electron chi connectivity index (χ1n) is 6.15. The summed E-state index contributed by atoms with van der Waals surface area (Å²) in [5.41, 5.74) is 2.80. The molecule has 2 aromatic rings. The number of ether oxygens (including phenoxy) is 1. The summed E-state index contributed by atoms with van der Waals surface area (Å²) in [4.78, 5) is 0. The van der Waals surface area contributed by atoms with Gasteiger partial charge < -0.3 is 4.74 Å². The highest BCUT2D eigenvalue weighted by Gasteiger charge is 2.00. The van der Waals surface area contributed by atoms with Crippen molar-refractivity contribution in [2.45, 2.75) is 6.92 Å². The maximum atomic E-state index is 8.85. The number of nitriles is 1. The summed E-state index contributed by atoms with van der Waals surface area (Å²) in [6.07, 6.45) is 3.98. The Kier molecular flexibility index (Phi) is 4.36. The molecule has 0 unspecified atom stereocenters. The first-order valence-corrected chi connectivity index (χ1v) is 6.15. The molecular weight excluding hydrogens is 234 g/mol. The molecule has 94 valence electrons. The molecule has 0 saturated heterocycles. The van der Waals surface area contributed by atoms with E-state index >= 15 is 0 Å². The van der Waals surface area contributed by atoms with Gasteiger partial charge in [-0.1, -0.05) is 42.5 Å². The van der Waals surface area contributed by atoms with Crippen molar-refractivity contribution in [1.29, 1.82) is 5.26 Å². The summed E-state index contributed by atoms with van der Waals surface area (Å²) >= 11 is 0. The summed E-state index contributed by atoms with van der Waals surface area (Å²) in [7, 11) is 0. The number of nitrogens with zero attached hydrogens (tertiary/aromatic N) is 1. The summed E-state index contributed by atoms with van der Waals surface area (Å²) in [5, 5.41) is 8.85. The second kappa shape index (κ2) is 6.42. The third-order valence-electron chi connectivity index (χ3n) is 2.76. The minimum absolute atomic E-state index is 0.491. The van der Waals surface area contributed by atoms with E-state index in [2.05, 4.69) is 6.07 Å². The predicted octanol–water partition coefficient (Wildman–Crippen LogP) is 3.96. The van der Waals surface area contributed by atoms with Crippen molar-refractivity contribution in [3.8, 4) is 11.8 Å². The molecule has 0 aliphatic carbocycles. The van der Waals surface area contributed by atoms with Crippen LogP contribution in [0.2, 0.25) is 0 Å². The average molecular weight is 249 g/mol. The van der Waals surface area contributed by atoms with E-state index in [1.54, 1.807) is 12.1 Å². The van der Waals surface area contributed by atoms with Crippen molar-refractivity contribution < 1.29 is 4.74 Å². The van der Waals surface area contributed by atoms with Crippen LogP contribution in [0.5, 0.6) is 5.75 Å². The molecule has 0 fully saturated rings. The van der Waals surface area contributed by atoms with Crippen LogP contribution in [0.1, 0.15) is 16.7 Å². The lowest BCUT2D eigenvalue weighted by Crippen LogP contribution is -1.96. The predicted molar refractivity (Wildman–Crippen MR) is 76.9 cm³/mol. The van der Waals surface area contributed by atoms with Crippen LogP contribution in [0, 0.1) is 18.3 Å². The Balaban J connectivity index is 1.96. The van der Waals surface area contributed by atoms with Crippen LogP contribution in [-0.4, -0.2) is 6.61 Å². The van der Waals surface area contributed by atoms with Gasteiger partial charge in [-0.15, -0.1) is 0 Å². The van der Waals surface area contributed by atoms with E-state index in [-0.39, 0.29) is 0 Å². The van der Waals surface area contributed by atoms with E-state index < -0.39 is 0 Å². The van der Waals surface area contributed by atoms with Gasteiger partial charge in [-0.25, -0.2) is 0 Å². The normalized spacial score (nSPS) is 10.3. The largest absolute Gasteiger partial charge is 0.489 e. The summed E-state index contributed by atoms with van der Waals surface area (Å²) in [5.74, 6) is 0.761. The zero-order valence-electron chi connectivity index (χ0n) is 10.8. The third kappa shape index (κ3) is 3.72. The number of aryl methyl sites for hydroxylation is 1. The lowest BCUT2D eigenvalue weighted by atomic mass is 10.1. The second-order valence-electron chi connectivity index (χ2n) is 4.22. The second-order valence-corrected chi connectivity index (χ2v) is 4.22. The van der Waals surface area contributed by atoms with E-state index in [4.69, 9.17) is 10.00 Å². The van der Waals surface area contributed by atoms with Crippen LogP contribution in [0.4, 0.5) is 0 Å². The highest BCUT2D eigenvalue weighted by Crippen LogP contribution is 2.19. The summed E-state index contributed by atoms with van der Waals surface area (Å²) in [6, 6.07) is 17.6. The molecule has 2 nitrogen and oxygen atoms in total. The Hall–Kier alpha value is -2.53. The van der Waals surface area contributed by atoms with E-state index in [9.17, 15) is 0 Å². The first kappa shape index (κ1) is 12.9. The van der Waals surface area contributed by atoms with Crippen LogP contribution in [-0.2, 0) is 0 Å². The molecule has 2 rings (SSSR count).